The van der Waals surface area contributed by atoms with Gasteiger partial charge in [0, 0.05) is 13.1 Å². The van der Waals surface area contributed by atoms with Crippen molar-refractivity contribution >= 4 is 0 Å². The van der Waals surface area contributed by atoms with Crippen molar-refractivity contribution in [2.45, 2.75) is 32.4 Å². The molecule has 1 saturated carbocycles. The molecule has 1 heterocycles. The Bertz CT molecular complexity index is 377. The van der Waals surface area contributed by atoms with Gasteiger partial charge in [0.2, 0.25) is 0 Å². The van der Waals surface area contributed by atoms with Gasteiger partial charge in [0.25, 0.3) is 0 Å². The van der Waals surface area contributed by atoms with E-state index < -0.39 is 0 Å². The van der Waals surface area contributed by atoms with Crippen molar-refractivity contribution in [3.8, 4) is 0 Å². The molecule has 1 unspecified atom stereocenters. The molecule has 1 N–H and O–H groups in total. The van der Waals surface area contributed by atoms with Gasteiger partial charge in [-0.25, -0.2) is 9.48 Å². The summed E-state index contributed by atoms with van der Waals surface area (Å²) >= 11 is 0. The number of aromatic nitrogens is 3. The smallest absolute Gasteiger partial charge is 0.314 e. The maximum absolute atomic E-state index is 11.5. The monoisotopic (exact) mass is 210 g/mol. The fraction of sp³-hybridized carbons (Fsp3) is 0.800. The zero-order valence-corrected chi connectivity index (χ0v) is 9.31. The predicted octanol–water partition coefficient (Wildman–Crippen LogP) is -0.0301. The lowest BCUT2D eigenvalue weighted by molar-refractivity contribution is 0.412. The first-order valence-corrected chi connectivity index (χ1v) is 5.48. The molecular weight excluding hydrogens is 192 g/mol. The summed E-state index contributed by atoms with van der Waals surface area (Å²) in [6.07, 6.45) is 4.16. The Morgan fingerprint density at radius 1 is 1.67 bits per heavy atom. The van der Waals surface area contributed by atoms with Gasteiger partial charge in [-0.15, -0.1) is 0 Å². The molecule has 1 aliphatic rings. The van der Waals surface area contributed by atoms with E-state index in [0.717, 1.165) is 12.6 Å². The third-order valence-electron chi connectivity index (χ3n) is 2.70. The van der Waals surface area contributed by atoms with Crippen molar-refractivity contribution in [1.29, 1.82) is 0 Å². The van der Waals surface area contributed by atoms with Crippen LogP contribution in [-0.2, 0) is 13.6 Å². The molecule has 84 valence electrons. The minimum atomic E-state index is -0.0340. The summed E-state index contributed by atoms with van der Waals surface area (Å²) in [4.78, 5) is 11.5. The highest BCUT2D eigenvalue weighted by molar-refractivity contribution is 4.81. The Morgan fingerprint density at radius 3 is 2.93 bits per heavy atom. The van der Waals surface area contributed by atoms with E-state index in [-0.39, 0.29) is 5.69 Å². The number of hydrogen-bond donors (Lipinski definition) is 1. The summed E-state index contributed by atoms with van der Waals surface area (Å²) < 4.78 is 3.03. The third-order valence-corrected chi connectivity index (χ3v) is 2.70. The van der Waals surface area contributed by atoms with Gasteiger partial charge in [-0.2, -0.15) is 5.10 Å². The molecule has 1 aromatic heterocycles. The number of nitrogens with zero attached hydrogens (tertiary/aromatic N) is 3. The lowest BCUT2D eigenvalue weighted by atomic mass is 10.2. The van der Waals surface area contributed by atoms with Crippen LogP contribution in [0, 0.1) is 5.92 Å². The minimum Gasteiger partial charge on any atom is -0.314 e. The van der Waals surface area contributed by atoms with Crippen molar-refractivity contribution in [3.05, 3.63) is 16.8 Å². The van der Waals surface area contributed by atoms with E-state index >= 15 is 0 Å². The summed E-state index contributed by atoms with van der Waals surface area (Å²) in [6.45, 7) is 3.80. The van der Waals surface area contributed by atoms with E-state index in [9.17, 15) is 4.79 Å². The Kier molecular flexibility index (Phi) is 2.90. The quantitative estimate of drug-likeness (QED) is 0.742. The lowest BCUT2D eigenvalue weighted by Crippen LogP contribution is -2.30. The highest BCUT2D eigenvalue weighted by Gasteiger charge is 2.21. The maximum Gasteiger partial charge on any atom is 0.345 e. The molecule has 0 radical (unpaired) electrons. The number of nitrogens with one attached hydrogen (secondary N) is 1. The molecule has 0 bridgehead atoms. The lowest BCUT2D eigenvalue weighted by Gasteiger charge is -2.11. The molecule has 5 heteroatoms. The molecule has 0 aliphatic heterocycles. The van der Waals surface area contributed by atoms with E-state index in [1.165, 1.54) is 22.1 Å². The Hall–Kier alpha value is -1.10. The SMILES string of the molecule is CC(CNC1CC1)Cn1ncn(C)c1=O. The average Bonchev–Trinajstić information content (AvgIpc) is 2.98. The highest BCUT2D eigenvalue weighted by atomic mass is 16.2. The van der Waals surface area contributed by atoms with Crippen LogP contribution in [-0.4, -0.2) is 26.9 Å². The fourth-order valence-electron chi connectivity index (χ4n) is 1.56. The molecule has 15 heavy (non-hydrogen) atoms. The molecule has 1 atom stereocenters. The molecule has 5 nitrogen and oxygen atoms in total. The second-order valence-electron chi connectivity index (χ2n) is 4.49. The number of aryl methyl sites for hydroxylation is 1. The van der Waals surface area contributed by atoms with Crippen LogP contribution in [0.25, 0.3) is 0 Å². The van der Waals surface area contributed by atoms with Gasteiger partial charge in [-0.3, -0.25) is 4.57 Å². The predicted molar refractivity (Wildman–Crippen MR) is 57.7 cm³/mol. The van der Waals surface area contributed by atoms with Crippen molar-refractivity contribution in [1.82, 2.24) is 19.7 Å². The van der Waals surface area contributed by atoms with E-state index in [1.54, 1.807) is 13.4 Å². The first-order valence-electron chi connectivity index (χ1n) is 5.48. The second-order valence-corrected chi connectivity index (χ2v) is 4.49. The summed E-state index contributed by atoms with van der Waals surface area (Å²) in [5, 5.41) is 7.49. The number of hydrogen-bond acceptors (Lipinski definition) is 3. The van der Waals surface area contributed by atoms with Crippen LogP contribution in [0.1, 0.15) is 19.8 Å². The van der Waals surface area contributed by atoms with Crippen molar-refractivity contribution in [2.24, 2.45) is 13.0 Å². The zero-order chi connectivity index (χ0) is 10.8. The van der Waals surface area contributed by atoms with Gasteiger partial charge in [0.15, 0.2) is 0 Å². The van der Waals surface area contributed by atoms with Gasteiger partial charge < -0.3 is 5.32 Å². The van der Waals surface area contributed by atoms with Gasteiger partial charge >= 0.3 is 5.69 Å². The van der Waals surface area contributed by atoms with Crippen LogP contribution >= 0.6 is 0 Å². The molecule has 0 spiro atoms. The zero-order valence-electron chi connectivity index (χ0n) is 9.31. The Balaban J connectivity index is 1.84. The van der Waals surface area contributed by atoms with E-state index in [2.05, 4.69) is 17.3 Å². The van der Waals surface area contributed by atoms with Gasteiger partial charge in [-0.05, 0) is 25.3 Å². The molecule has 0 saturated heterocycles. The van der Waals surface area contributed by atoms with Crippen molar-refractivity contribution in [2.75, 3.05) is 6.54 Å². The Morgan fingerprint density at radius 2 is 2.40 bits per heavy atom. The maximum atomic E-state index is 11.5. The third kappa shape index (κ3) is 2.68. The number of rotatable bonds is 5. The molecule has 0 amide bonds. The van der Waals surface area contributed by atoms with Crippen molar-refractivity contribution in [3.63, 3.8) is 0 Å². The average molecular weight is 210 g/mol. The van der Waals surface area contributed by atoms with Gasteiger partial charge in [0.05, 0.1) is 6.54 Å². The summed E-state index contributed by atoms with van der Waals surface area (Å²) in [5.74, 6) is 0.443. The molecular formula is C10H18N4O. The summed E-state index contributed by atoms with van der Waals surface area (Å²) in [5.41, 5.74) is -0.0340. The first-order chi connectivity index (χ1) is 7.16. The topological polar surface area (TPSA) is 51.9 Å². The van der Waals surface area contributed by atoms with Crippen molar-refractivity contribution < 1.29 is 0 Å². The van der Waals surface area contributed by atoms with Crippen LogP contribution < -0.4 is 11.0 Å². The van der Waals surface area contributed by atoms with E-state index in [1.807, 2.05) is 0 Å². The van der Waals surface area contributed by atoms with E-state index in [0.29, 0.717) is 12.5 Å². The van der Waals surface area contributed by atoms with Gasteiger partial charge in [-0.1, -0.05) is 6.92 Å². The second kappa shape index (κ2) is 4.18. The molecule has 1 fully saturated rings. The largest absolute Gasteiger partial charge is 0.345 e. The van der Waals surface area contributed by atoms with Crippen LogP contribution in [0.15, 0.2) is 11.1 Å². The van der Waals surface area contributed by atoms with Gasteiger partial charge in [0.1, 0.15) is 6.33 Å². The molecule has 1 aromatic rings. The van der Waals surface area contributed by atoms with E-state index in [4.69, 9.17) is 0 Å². The first kappa shape index (κ1) is 10.4. The molecule has 1 aliphatic carbocycles. The van der Waals surface area contributed by atoms with Crippen LogP contribution in [0.3, 0.4) is 0 Å². The van der Waals surface area contributed by atoms with Crippen LogP contribution in [0.4, 0.5) is 0 Å². The normalized spacial score (nSPS) is 18.0. The molecule has 2 rings (SSSR count). The summed E-state index contributed by atoms with van der Waals surface area (Å²) in [7, 11) is 1.72. The minimum absolute atomic E-state index is 0.0340. The Labute approximate surface area is 89.1 Å². The fourth-order valence-corrected chi connectivity index (χ4v) is 1.56. The highest BCUT2D eigenvalue weighted by Crippen LogP contribution is 2.18. The van der Waals surface area contributed by atoms with Crippen LogP contribution in [0.2, 0.25) is 0 Å². The van der Waals surface area contributed by atoms with Crippen LogP contribution in [0.5, 0.6) is 0 Å². The standard InChI is InChI=1S/C10H18N4O/c1-8(5-11-9-3-4-9)6-14-10(15)13(2)7-12-14/h7-9,11H,3-6H2,1-2H3. The molecule has 0 aromatic carbocycles. The summed E-state index contributed by atoms with van der Waals surface area (Å²) in [6, 6.07) is 0.730.